The zero-order valence-electron chi connectivity index (χ0n) is 14.8. The van der Waals surface area contributed by atoms with Gasteiger partial charge in [-0.25, -0.2) is 0 Å². The molecule has 0 fully saturated rings. The van der Waals surface area contributed by atoms with Crippen molar-refractivity contribution >= 4 is 11.8 Å². The zero-order chi connectivity index (χ0) is 16.5. The predicted molar refractivity (Wildman–Crippen MR) is 105 cm³/mol. The van der Waals surface area contributed by atoms with Gasteiger partial charge in [0, 0.05) is 5.25 Å². The van der Waals surface area contributed by atoms with Gasteiger partial charge in [-0.15, -0.1) is 0 Å². The molecule has 0 aliphatic carbocycles. The molecular weight excluding hydrogens is 296 g/mol. The monoisotopic (exact) mass is 326 g/mol. The van der Waals surface area contributed by atoms with E-state index in [9.17, 15) is 0 Å². The lowest BCUT2D eigenvalue weighted by atomic mass is 9.94. The molecule has 23 heavy (non-hydrogen) atoms. The van der Waals surface area contributed by atoms with E-state index in [2.05, 4.69) is 87.1 Å². The first-order valence-electron chi connectivity index (χ1n) is 8.97. The van der Waals surface area contributed by atoms with Gasteiger partial charge >= 0.3 is 0 Å². The fourth-order valence-corrected chi connectivity index (χ4v) is 4.07. The minimum atomic E-state index is 0.657. The van der Waals surface area contributed by atoms with Gasteiger partial charge in [-0.2, -0.15) is 11.8 Å². The molecule has 0 amide bonds. The van der Waals surface area contributed by atoms with Gasteiger partial charge in [0.1, 0.15) is 0 Å². The zero-order valence-corrected chi connectivity index (χ0v) is 15.6. The molecule has 2 rings (SSSR count). The third kappa shape index (κ3) is 6.06. The summed E-state index contributed by atoms with van der Waals surface area (Å²) in [6.45, 7) is 6.90. The first-order valence-corrected chi connectivity index (χ1v) is 10.0. The Morgan fingerprint density at radius 3 is 2.17 bits per heavy atom. The quantitative estimate of drug-likeness (QED) is 0.494. The van der Waals surface area contributed by atoms with Crippen molar-refractivity contribution in [2.75, 3.05) is 5.75 Å². The van der Waals surface area contributed by atoms with Crippen molar-refractivity contribution in [2.24, 2.45) is 5.92 Å². The van der Waals surface area contributed by atoms with Crippen LogP contribution < -0.4 is 0 Å². The second kappa shape index (κ2) is 9.82. The smallest absolute Gasteiger partial charge is 0.0294 e. The van der Waals surface area contributed by atoms with Crippen molar-refractivity contribution in [1.82, 2.24) is 0 Å². The second-order valence-corrected chi connectivity index (χ2v) is 7.91. The van der Waals surface area contributed by atoms with E-state index in [1.54, 1.807) is 0 Å². The molecule has 2 aromatic rings. The third-order valence-corrected chi connectivity index (χ3v) is 5.78. The van der Waals surface area contributed by atoms with Crippen LogP contribution in [0.15, 0.2) is 54.6 Å². The predicted octanol–water partition coefficient (Wildman–Crippen LogP) is 6.70. The molecule has 0 heterocycles. The van der Waals surface area contributed by atoms with E-state index >= 15 is 0 Å². The molecule has 0 aromatic heterocycles. The lowest BCUT2D eigenvalue weighted by molar-refractivity contribution is 0.530. The summed E-state index contributed by atoms with van der Waals surface area (Å²) >= 11 is 2.05. The molecule has 0 saturated carbocycles. The van der Waals surface area contributed by atoms with Crippen LogP contribution in [0, 0.1) is 5.92 Å². The molecule has 2 atom stereocenters. The van der Waals surface area contributed by atoms with Crippen LogP contribution >= 0.6 is 11.8 Å². The average molecular weight is 327 g/mol. The summed E-state index contributed by atoms with van der Waals surface area (Å²) in [5, 5.41) is 0.657. The number of thioether (sulfide) groups is 1. The van der Waals surface area contributed by atoms with Gasteiger partial charge in [0.25, 0.3) is 0 Å². The van der Waals surface area contributed by atoms with Gasteiger partial charge < -0.3 is 0 Å². The van der Waals surface area contributed by atoms with Crippen molar-refractivity contribution in [3.8, 4) is 0 Å². The number of rotatable bonds is 9. The van der Waals surface area contributed by atoms with E-state index in [1.807, 2.05) is 0 Å². The molecule has 0 bridgehead atoms. The summed E-state index contributed by atoms with van der Waals surface area (Å²) in [4.78, 5) is 0. The molecule has 124 valence electrons. The van der Waals surface area contributed by atoms with Gasteiger partial charge in [0.05, 0.1) is 0 Å². The maximum atomic E-state index is 2.37. The summed E-state index contributed by atoms with van der Waals surface area (Å²) in [6, 6.07) is 20.2. The van der Waals surface area contributed by atoms with E-state index in [1.165, 1.54) is 48.1 Å². The Kier molecular flexibility index (Phi) is 7.74. The van der Waals surface area contributed by atoms with Gasteiger partial charge in [0.2, 0.25) is 0 Å². The molecule has 0 N–H and O–H groups in total. The fraction of sp³-hybridized carbons (Fsp3) is 0.455. The molecule has 0 aliphatic heterocycles. The maximum Gasteiger partial charge on any atom is 0.0294 e. The lowest BCUT2D eigenvalue weighted by Crippen LogP contribution is -2.02. The summed E-state index contributed by atoms with van der Waals surface area (Å²) in [7, 11) is 0. The van der Waals surface area contributed by atoms with Gasteiger partial charge in [-0.1, -0.05) is 75.4 Å². The first-order chi connectivity index (χ1) is 11.2. The Hall–Kier alpha value is -1.21. The minimum absolute atomic E-state index is 0.657. The maximum absolute atomic E-state index is 2.37. The van der Waals surface area contributed by atoms with Crippen molar-refractivity contribution in [2.45, 2.75) is 51.7 Å². The minimum Gasteiger partial charge on any atom is -0.154 e. The Morgan fingerprint density at radius 2 is 1.57 bits per heavy atom. The Morgan fingerprint density at radius 1 is 0.870 bits per heavy atom. The summed E-state index contributed by atoms with van der Waals surface area (Å²) in [5.41, 5.74) is 4.42. The fourth-order valence-electron chi connectivity index (χ4n) is 3.08. The molecule has 2 unspecified atom stereocenters. The summed E-state index contributed by atoms with van der Waals surface area (Å²) < 4.78 is 0. The molecule has 0 aliphatic rings. The van der Waals surface area contributed by atoms with E-state index in [0.717, 1.165) is 5.92 Å². The molecule has 0 saturated heterocycles. The van der Waals surface area contributed by atoms with E-state index in [4.69, 9.17) is 0 Å². The van der Waals surface area contributed by atoms with Crippen LogP contribution in [0.3, 0.4) is 0 Å². The molecule has 0 nitrogen and oxygen atoms in total. The largest absolute Gasteiger partial charge is 0.154 e. The van der Waals surface area contributed by atoms with E-state index < -0.39 is 0 Å². The third-order valence-electron chi connectivity index (χ3n) is 4.44. The molecule has 0 spiro atoms. The topological polar surface area (TPSA) is 0 Å². The standard InChI is InChI=1S/C22H30S/c1-4-22(23-5-2)21-15-13-20(14-16-21)17-18(3)11-12-19-9-7-6-8-10-19/h6-10,13-16,18,22H,4-5,11-12,17H2,1-3H3. The van der Waals surface area contributed by atoms with Crippen LogP contribution in [0.2, 0.25) is 0 Å². The highest BCUT2D eigenvalue weighted by Gasteiger charge is 2.09. The number of hydrogen-bond donors (Lipinski definition) is 0. The average Bonchev–Trinajstić information content (AvgIpc) is 2.60. The van der Waals surface area contributed by atoms with Gasteiger partial charge in [-0.3, -0.25) is 0 Å². The second-order valence-electron chi connectivity index (χ2n) is 6.43. The Bertz CT molecular complexity index is 544. The van der Waals surface area contributed by atoms with E-state index in [0.29, 0.717) is 5.25 Å². The number of benzene rings is 2. The SMILES string of the molecule is CCSC(CC)c1ccc(CC(C)CCc2ccccc2)cc1. The number of hydrogen-bond acceptors (Lipinski definition) is 1. The molecule has 1 heteroatoms. The first kappa shape index (κ1) is 18.1. The highest BCUT2D eigenvalue weighted by Crippen LogP contribution is 2.31. The van der Waals surface area contributed by atoms with Gasteiger partial charge in [0.15, 0.2) is 0 Å². The van der Waals surface area contributed by atoms with Crippen LogP contribution in [0.5, 0.6) is 0 Å². The van der Waals surface area contributed by atoms with Crippen LogP contribution in [0.1, 0.15) is 55.6 Å². The lowest BCUT2D eigenvalue weighted by Gasteiger charge is -2.16. The summed E-state index contributed by atoms with van der Waals surface area (Å²) in [6.07, 6.45) is 4.84. The van der Waals surface area contributed by atoms with Crippen LogP contribution in [-0.2, 0) is 12.8 Å². The molecule has 2 aromatic carbocycles. The number of aryl methyl sites for hydroxylation is 1. The van der Waals surface area contributed by atoms with Crippen LogP contribution in [0.25, 0.3) is 0 Å². The highest BCUT2D eigenvalue weighted by atomic mass is 32.2. The molecule has 0 radical (unpaired) electrons. The highest BCUT2D eigenvalue weighted by molar-refractivity contribution is 7.99. The van der Waals surface area contributed by atoms with Crippen LogP contribution in [-0.4, -0.2) is 5.75 Å². The van der Waals surface area contributed by atoms with Crippen molar-refractivity contribution in [1.29, 1.82) is 0 Å². The summed E-state index contributed by atoms with van der Waals surface area (Å²) in [5.74, 6) is 1.92. The van der Waals surface area contributed by atoms with Gasteiger partial charge in [-0.05, 0) is 54.0 Å². The normalized spacial score (nSPS) is 13.7. The molecular formula is C22H30S. The van der Waals surface area contributed by atoms with Crippen molar-refractivity contribution < 1.29 is 0 Å². The Balaban J connectivity index is 1.85. The van der Waals surface area contributed by atoms with E-state index in [-0.39, 0.29) is 0 Å². The van der Waals surface area contributed by atoms with Crippen molar-refractivity contribution in [3.63, 3.8) is 0 Å². The van der Waals surface area contributed by atoms with Crippen LogP contribution in [0.4, 0.5) is 0 Å². The van der Waals surface area contributed by atoms with Crippen molar-refractivity contribution in [3.05, 3.63) is 71.3 Å². The Labute approximate surface area is 146 Å².